The summed E-state index contributed by atoms with van der Waals surface area (Å²) in [5.41, 5.74) is 1.37. The standard InChI is InChI=1S/C17H25ClN4O/c1-10(2)22-12-5-6-13(22)9-21(8-7-12)17(23)16-14(18)15(19-20-16)11-3-4-11/h10-13H,3-9H2,1-2H3,(H,19,20)/t12-,13-/m0/s1. The number of nitrogens with one attached hydrogen (secondary N) is 1. The van der Waals surface area contributed by atoms with E-state index in [1.54, 1.807) is 0 Å². The smallest absolute Gasteiger partial charge is 0.275 e. The first-order valence-corrected chi connectivity index (χ1v) is 9.24. The molecule has 2 saturated heterocycles. The molecule has 1 N–H and O–H groups in total. The number of rotatable bonds is 3. The van der Waals surface area contributed by atoms with Gasteiger partial charge in [-0.1, -0.05) is 11.6 Å². The number of H-pyrrole nitrogens is 1. The average Bonchev–Trinajstić information content (AvgIpc) is 3.18. The van der Waals surface area contributed by atoms with Gasteiger partial charge in [-0.3, -0.25) is 14.8 Å². The maximum absolute atomic E-state index is 12.9. The van der Waals surface area contributed by atoms with Crippen LogP contribution in [0, 0.1) is 0 Å². The minimum Gasteiger partial charge on any atom is -0.336 e. The number of halogens is 1. The number of aromatic amines is 1. The van der Waals surface area contributed by atoms with Gasteiger partial charge >= 0.3 is 0 Å². The number of aromatic nitrogens is 2. The summed E-state index contributed by atoms with van der Waals surface area (Å²) in [5, 5.41) is 7.78. The van der Waals surface area contributed by atoms with E-state index in [1.165, 1.54) is 12.8 Å². The number of hydrogen-bond acceptors (Lipinski definition) is 3. The van der Waals surface area contributed by atoms with Crippen LogP contribution in [-0.4, -0.2) is 57.1 Å². The number of nitrogens with zero attached hydrogens (tertiary/aromatic N) is 3. The van der Waals surface area contributed by atoms with Gasteiger partial charge in [-0.2, -0.15) is 5.10 Å². The van der Waals surface area contributed by atoms with Crippen molar-refractivity contribution >= 4 is 17.5 Å². The van der Waals surface area contributed by atoms with E-state index in [1.807, 2.05) is 4.90 Å². The van der Waals surface area contributed by atoms with Crippen LogP contribution in [0.15, 0.2) is 0 Å². The Morgan fingerprint density at radius 1 is 1.22 bits per heavy atom. The van der Waals surface area contributed by atoms with Gasteiger partial charge in [0.25, 0.3) is 5.91 Å². The highest BCUT2D eigenvalue weighted by molar-refractivity contribution is 6.34. The molecule has 0 radical (unpaired) electrons. The monoisotopic (exact) mass is 336 g/mol. The maximum atomic E-state index is 12.9. The highest BCUT2D eigenvalue weighted by atomic mass is 35.5. The molecule has 1 saturated carbocycles. The summed E-state index contributed by atoms with van der Waals surface area (Å²) in [6.07, 6.45) is 5.80. The fourth-order valence-corrected chi connectivity index (χ4v) is 4.73. The van der Waals surface area contributed by atoms with Crippen LogP contribution in [0.4, 0.5) is 0 Å². The minimum absolute atomic E-state index is 0.00518. The summed E-state index contributed by atoms with van der Waals surface area (Å²) in [6, 6.07) is 1.64. The van der Waals surface area contributed by atoms with Crippen LogP contribution in [-0.2, 0) is 0 Å². The second-order valence-corrected chi connectivity index (χ2v) is 7.92. The van der Waals surface area contributed by atoms with Gasteiger partial charge in [0.15, 0.2) is 5.69 Å². The predicted octanol–water partition coefficient (Wildman–Crippen LogP) is 3.03. The van der Waals surface area contributed by atoms with Crippen LogP contribution < -0.4 is 0 Å². The van der Waals surface area contributed by atoms with Crippen LogP contribution in [0.5, 0.6) is 0 Å². The van der Waals surface area contributed by atoms with Crippen LogP contribution in [0.3, 0.4) is 0 Å². The van der Waals surface area contributed by atoms with Gasteiger partial charge in [-0.25, -0.2) is 0 Å². The molecule has 0 spiro atoms. The summed E-state index contributed by atoms with van der Waals surface area (Å²) in [4.78, 5) is 17.5. The van der Waals surface area contributed by atoms with Crippen LogP contribution in [0.1, 0.15) is 68.1 Å². The molecule has 1 aromatic rings. The third-order valence-corrected chi connectivity index (χ3v) is 6.03. The number of carbonyl (C=O) groups excluding carboxylic acids is 1. The first-order chi connectivity index (χ1) is 11.1. The fourth-order valence-electron chi connectivity index (χ4n) is 4.41. The topological polar surface area (TPSA) is 52.2 Å². The second-order valence-electron chi connectivity index (χ2n) is 7.54. The van der Waals surface area contributed by atoms with Crippen molar-refractivity contribution in [1.29, 1.82) is 0 Å². The molecule has 1 amide bonds. The Morgan fingerprint density at radius 2 is 1.96 bits per heavy atom. The molecule has 2 atom stereocenters. The molecule has 3 fully saturated rings. The van der Waals surface area contributed by atoms with E-state index in [2.05, 4.69) is 28.9 Å². The van der Waals surface area contributed by atoms with E-state index in [4.69, 9.17) is 11.6 Å². The zero-order valence-corrected chi connectivity index (χ0v) is 14.6. The molecule has 0 aromatic carbocycles. The van der Waals surface area contributed by atoms with Crippen LogP contribution >= 0.6 is 11.6 Å². The van der Waals surface area contributed by atoms with Gasteiger partial charge in [0.05, 0.1) is 10.7 Å². The Bertz CT molecular complexity index is 610. The first kappa shape index (κ1) is 15.5. The lowest BCUT2D eigenvalue weighted by molar-refractivity contribution is 0.0722. The molecule has 126 valence electrons. The third kappa shape index (κ3) is 2.68. The number of hydrogen-bond donors (Lipinski definition) is 1. The van der Waals surface area contributed by atoms with Crippen LogP contribution in [0.2, 0.25) is 5.02 Å². The van der Waals surface area contributed by atoms with E-state index in [9.17, 15) is 4.79 Å². The van der Waals surface area contributed by atoms with Crippen molar-refractivity contribution in [3.05, 3.63) is 16.4 Å². The predicted molar refractivity (Wildman–Crippen MR) is 89.9 cm³/mol. The fraction of sp³-hybridized carbons (Fsp3) is 0.765. The van der Waals surface area contributed by atoms with Crippen LogP contribution in [0.25, 0.3) is 0 Å². The van der Waals surface area contributed by atoms with Crippen molar-refractivity contribution in [2.75, 3.05) is 13.1 Å². The Hall–Kier alpha value is -1.07. The van der Waals surface area contributed by atoms with Crippen molar-refractivity contribution in [2.45, 2.75) is 70.0 Å². The van der Waals surface area contributed by atoms with Gasteiger partial charge in [0, 0.05) is 37.1 Å². The van der Waals surface area contributed by atoms with E-state index >= 15 is 0 Å². The van der Waals surface area contributed by atoms with Crippen molar-refractivity contribution < 1.29 is 4.79 Å². The highest BCUT2D eigenvalue weighted by Crippen LogP contribution is 2.43. The average molecular weight is 337 g/mol. The molecular weight excluding hydrogens is 312 g/mol. The Balaban J connectivity index is 1.53. The normalized spacial score (nSPS) is 28.4. The lowest BCUT2D eigenvalue weighted by Gasteiger charge is -2.32. The molecule has 23 heavy (non-hydrogen) atoms. The first-order valence-electron chi connectivity index (χ1n) is 8.86. The quantitative estimate of drug-likeness (QED) is 0.923. The lowest BCUT2D eigenvalue weighted by Crippen LogP contribution is -2.44. The van der Waals surface area contributed by atoms with Gasteiger partial charge in [0.1, 0.15) is 0 Å². The Kier molecular flexibility index (Phi) is 3.88. The van der Waals surface area contributed by atoms with Crippen molar-refractivity contribution in [3.8, 4) is 0 Å². The zero-order chi connectivity index (χ0) is 16.1. The van der Waals surface area contributed by atoms with Gasteiger partial charge in [-0.15, -0.1) is 0 Å². The second kappa shape index (κ2) is 5.78. The van der Waals surface area contributed by atoms with E-state index in [0.29, 0.717) is 34.8 Å². The molecule has 1 aromatic heterocycles. The molecule has 5 nitrogen and oxygen atoms in total. The van der Waals surface area contributed by atoms with Gasteiger partial charge < -0.3 is 4.90 Å². The van der Waals surface area contributed by atoms with Crippen molar-refractivity contribution in [3.63, 3.8) is 0 Å². The molecule has 2 aliphatic heterocycles. The summed E-state index contributed by atoms with van der Waals surface area (Å²) in [5.74, 6) is 0.475. The lowest BCUT2D eigenvalue weighted by atomic mass is 10.1. The minimum atomic E-state index is -0.00518. The Morgan fingerprint density at radius 3 is 2.65 bits per heavy atom. The largest absolute Gasteiger partial charge is 0.336 e. The molecule has 4 rings (SSSR count). The zero-order valence-electron chi connectivity index (χ0n) is 13.9. The van der Waals surface area contributed by atoms with E-state index in [0.717, 1.165) is 38.0 Å². The molecule has 1 aliphatic carbocycles. The highest BCUT2D eigenvalue weighted by Gasteiger charge is 2.40. The van der Waals surface area contributed by atoms with E-state index in [-0.39, 0.29) is 5.91 Å². The summed E-state index contributed by atoms with van der Waals surface area (Å²) < 4.78 is 0. The molecule has 2 bridgehead atoms. The Labute approximate surface area is 142 Å². The van der Waals surface area contributed by atoms with Gasteiger partial charge in [-0.05, 0) is 46.0 Å². The van der Waals surface area contributed by atoms with E-state index < -0.39 is 0 Å². The van der Waals surface area contributed by atoms with Gasteiger partial charge in [0.2, 0.25) is 0 Å². The molecular formula is C17H25ClN4O. The SMILES string of the molecule is CC(C)N1[C@H]2CC[C@H]1CN(C(=O)c1n[nH]c(C3CC3)c1Cl)CC2. The number of fused-ring (bicyclic) bond motifs is 2. The molecule has 3 heterocycles. The number of likely N-dealkylation sites (tertiary alicyclic amines) is 1. The summed E-state index contributed by atoms with van der Waals surface area (Å²) >= 11 is 6.42. The molecule has 3 aliphatic rings. The number of amides is 1. The maximum Gasteiger partial charge on any atom is 0.275 e. The number of carbonyl (C=O) groups is 1. The molecule has 0 unspecified atom stereocenters. The van der Waals surface area contributed by atoms with Crippen molar-refractivity contribution in [1.82, 2.24) is 20.0 Å². The summed E-state index contributed by atoms with van der Waals surface area (Å²) in [6.45, 7) is 6.13. The third-order valence-electron chi connectivity index (χ3n) is 5.64. The summed E-state index contributed by atoms with van der Waals surface area (Å²) in [7, 11) is 0. The van der Waals surface area contributed by atoms with Crippen molar-refractivity contribution in [2.24, 2.45) is 0 Å². The molecule has 6 heteroatoms.